The maximum atomic E-state index is 12.5. The fraction of sp³-hybridized carbons (Fsp3) is 0.167. The third-order valence-electron chi connectivity index (χ3n) is 5.17. The molecule has 1 aliphatic rings. The van der Waals surface area contributed by atoms with Crippen LogP contribution in [-0.2, 0) is 16.0 Å². The van der Waals surface area contributed by atoms with E-state index in [2.05, 4.69) is 16.4 Å². The molecule has 1 atom stereocenters. The third-order valence-corrected chi connectivity index (χ3v) is 5.17. The third kappa shape index (κ3) is 3.65. The van der Waals surface area contributed by atoms with E-state index in [9.17, 15) is 4.79 Å². The standard InChI is InChI=1S/C24H20N2O3/c27-23(15-22-19-6-2-1-5-16(19)13-14-28-22)25-18-11-9-17(10-12-18)24-26-20-7-3-4-8-21(20)29-24/h1-12,22H,13-15H2,(H,25,27). The molecule has 0 radical (unpaired) electrons. The van der Waals surface area contributed by atoms with Crippen molar-refractivity contribution in [1.82, 2.24) is 4.98 Å². The molecule has 0 bridgehead atoms. The molecule has 1 aromatic heterocycles. The van der Waals surface area contributed by atoms with Crippen molar-refractivity contribution >= 4 is 22.7 Å². The number of hydrogen-bond acceptors (Lipinski definition) is 4. The molecule has 1 unspecified atom stereocenters. The molecule has 29 heavy (non-hydrogen) atoms. The van der Waals surface area contributed by atoms with Crippen LogP contribution in [0.4, 0.5) is 5.69 Å². The van der Waals surface area contributed by atoms with Crippen molar-refractivity contribution in [2.75, 3.05) is 11.9 Å². The minimum Gasteiger partial charge on any atom is -0.436 e. The van der Waals surface area contributed by atoms with E-state index < -0.39 is 0 Å². The number of carbonyl (C=O) groups is 1. The number of amides is 1. The number of aromatic nitrogens is 1. The first-order valence-corrected chi connectivity index (χ1v) is 9.71. The summed E-state index contributed by atoms with van der Waals surface area (Å²) in [5.41, 5.74) is 5.56. The maximum absolute atomic E-state index is 12.5. The van der Waals surface area contributed by atoms with E-state index in [1.165, 1.54) is 5.56 Å². The zero-order chi connectivity index (χ0) is 19.6. The summed E-state index contributed by atoms with van der Waals surface area (Å²) in [5, 5.41) is 2.96. The lowest BCUT2D eigenvalue weighted by Gasteiger charge is -2.25. The molecule has 0 fully saturated rings. The van der Waals surface area contributed by atoms with Gasteiger partial charge in [0.15, 0.2) is 5.58 Å². The van der Waals surface area contributed by atoms with Gasteiger partial charge in [0, 0.05) is 11.3 Å². The number of benzene rings is 3. The summed E-state index contributed by atoms with van der Waals surface area (Å²) in [5.74, 6) is 0.498. The van der Waals surface area contributed by atoms with Crippen LogP contribution in [0.1, 0.15) is 23.7 Å². The van der Waals surface area contributed by atoms with E-state index in [1.54, 1.807) is 0 Å². The second-order valence-corrected chi connectivity index (χ2v) is 7.12. The summed E-state index contributed by atoms with van der Waals surface area (Å²) in [7, 11) is 0. The van der Waals surface area contributed by atoms with E-state index >= 15 is 0 Å². The Bertz CT molecular complexity index is 1130. The number of rotatable bonds is 4. The molecule has 144 valence electrons. The van der Waals surface area contributed by atoms with Crippen molar-refractivity contribution in [1.29, 1.82) is 0 Å². The van der Waals surface area contributed by atoms with Crippen LogP contribution in [0.15, 0.2) is 77.2 Å². The van der Waals surface area contributed by atoms with Crippen molar-refractivity contribution in [3.05, 3.63) is 83.9 Å². The van der Waals surface area contributed by atoms with Crippen molar-refractivity contribution in [2.45, 2.75) is 18.9 Å². The van der Waals surface area contributed by atoms with Gasteiger partial charge in [0.05, 0.1) is 19.1 Å². The monoisotopic (exact) mass is 384 g/mol. The average Bonchev–Trinajstić information content (AvgIpc) is 3.19. The molecule has 0 spiro atoms. The van der Waals surface area contributed by atoms with Gasteiger partial charge < -0.3 is 14.5 Å². The Morgan fingerprint density at radius 1 is 1.00 bits per heavy atom. The predicted molar refractivity (Wildman–Crippen MR) is 112 cm³/mol. The van der Waals surface area contributed by atoms with Gasteiger partial charge in [-0.2, -0.15) is 0 Å². The average molecular weight is 384 g/mol. The van der Waals surface area contributed by atoms with Crippen molar-refractivity contribution in [3.63, 3.8) is 0 Å². The lowest BCUT2D eigenvalue weighted by Crippen LogP contribution is -2.22. The fourth-order valence-corrected chi connectivity index (χ4v) is 3.72. The summed E-state index contributed by atoms with van der Waals surface area (Å²) in [6.45, 7) is 0.647. The number of hydrogen-bond donors (Lipinski definition) is 1. The molecular formula is C24H20N2O3. The van der Waals surface area contributed by atoms with Gasteiger partial charge in [0.2, 0.25) is 11.8 Å². The normalized spacial score (nSPS) is 15.8. The number of ether oxygens (including phenoxy) is 1. The van der Waals surface area contributed by atoms with Crippen LogP contribution in [0.25, 0.3) is 22.6 Å². The predicted octanol–water partition coefficient (Wildman–Crippen LogP) is 5.14. The summed E-state index contributed by atoms with van der Waals surface area (Å²) >= 11 is 0. The quantitative estimate of drug-likeness (QED) is 0.529. The summed E-state index contributed by atoms with van der Waals surface area (Å²) < 4.78 is 11.6. The summed E-state index contributed by atoms with van der Waals surface area (Å²) in [6.07, 6.45) is 0.995. The highest BCUT2D eigenvalue weighted by Crippen LogP contribution is 2.30. The van der Waals surface area contributed by atoms with Crippen LogP contribution >= 0.6 is 0 Å². The van der Waals surface area contributed by atoms with Crippen molar-refractivity contribution in [2.24, 2.45) is 0 Å². The minimum absolute atomic E-state index is 0.0682. The zero-order valence-corrected chi connectivity index (χ0v) is 15.8. The van der Waals surface area contributed by atoms with Crippen LogP contribution in [-0.4, -0.2) is 17.5 Å². The number of anilines is 1. The number of nitrogens with zero attached hydrogens (tertiary/aromatic N) is 1. The molecule has 4 aromatic rings. The van der Waals surface area contributed by atoms with Gasteiger partial charge >= 0.3 is 0 Å². The molecule has 1 aliphatic heterocycles. The number of fused-ring (bicyclic) bond motifs is 2. The maximum Gasteiger partial charge on any atom is 0.227 e. The number of oxazole rings is 1. The van der Waals surface area contributed by atoms with E-state index in [-0.39, 0.29) is 12.0 Å². The molecule has 2 heterocycles. The van der Waals surface area contributed by atoms with Crippen LogP contribution in [0, 0.1) is 0 Å². The largest absolute Gasteiger partial charge is 0.436 e. The molecule has 5 heteroatoms. The lowest BCUT2D eigenvalue weighted by molar-refractivity contribution is -0.119. The molecular weight excluding hydrogens is 364 g/mol. The molecule has 1 amide bonds. The second-order valence-electron chi connectivity index (χ2n) is 7.12. The van der Waals surface area contributed by atoms with Gasteiger partial charge in [-0.05, 0) is 53.9 Å². The van der Waals surface area contributed by atoms with Gasteiger partial charge in [-0.3, -0.25) is 4.79 Å². The van der Waals surface area contributed by atoms with E-state index in [0.717, 1.165) is 34.3 Å². The Morgan fingerprint density at radius 2 is 1.79 bits per heavy atom. The molecule has 5 nitrogen and oxygen atoms in total. The van der Waals surface area contributed by atoms with Crippen molar-refractivity contribution in [3.8, 4) is 11.5 Å². The Morgan fingerprint density at radius 3 is 2.66 bits per heavy atom. The minimum atomic E-state index is -0.195. The molecule has 3 aromatic carbocycles. The van der Waals surface area contributed by atoms with E-state index in [0.29, 0.717) is 18.9 Å². The lowest BCUT2D eigenvalue weighted by atomic mass is 9.95. The second kappa shape index (κ2) is 7.53. The highest BCUT2D eigenvalue weighted by molar-refractivity contribution is 5.91. The topological polar surface area (TPSA) is 64.4 Å². The van der Waals surface area contributed by atoms with Gasteiger partial charge in [0.25, 0.3) is 0 Å². The van der Waals surface area contributed by atoms with Crippen LogP contribution in [0.2, 0.25) is 0 Å². The fourth-order valence-electron chi connectivity index (χ4n) is 3.72. The highest BCUT2D eigenvalue weighted by Gasteiger charge is 2.23. The van der Waals surface area contributed by atoms with Crippen molar-refractivity contribution < 1.29 is 13.9 Å². The number of para-hydroxylation sites is 2. The van der Waals surface area contributed by atoms with Crippen LogP contribution in [0.3, 0.4) is 0 Å². The Hall–Kier alpha value is -3.44. The van der Waals surface area contributed by atoms with E-state index in [1.807, 2.05) is 66.7 Å². The van der Waals surface area contributed by atoms with Gasteiger partial charge in [-0.1, -0.05) is 36.4 Å². The smallest absolute Gasteiger partial charge is 0.227 e. The molecule has 0 aliphatic carbocycles. The Labute approximate surface area is 168 Å². The Balaban J connectivity index is 1.27. The first-order valence-electron chi connectivity index (χ1n) is 9.71. The SMILES string of the molecule is O=C(CC1OCCc2ccccc21)Nc1ccc(-c2nc3ccccc3o2)cc1. The van der Waals surface area contributed by atoms with E-state index in [4.69, 9.17) is 9.15 Å². The van der Waals surface area contributed by atoms with Crippen LogP contribution < -0.4 is 5.32 Å². The number of nitrogens with one attached hydrogen (secondary N) is 1. The summed E-state index contributed by atoms with van der Waals surface area (Å²) in [6, 6.07) is 23.3. The van der Waals surface area contributed by atoms with Gasteiger partial charge in [-0.15, -0.1) is 0 Å². The zero-order valence-electron chi connectivity index (χ0n) is 15.8. The summed E-state index contributed by atoms with van der Waals surface area (Å²) in [4.78, 5) is 17.0. The van der Waals surface area contributed by atoms with Crippen LogP contribution in [0.5, 0.6) is 0 Å². The molecule has 1 N–H and O–H groups in total. The van der Waals surface area contributed by atoms with Gasteiger partial charge in [0.1, 0.15) is 5.52 Å². The first-order chi connectivity index (χ1) is 14.3. The first kappa shape index (κ1) is 17.6. The Kier molecular flexibility index (Phi) is 4.58. The molecule has 0 saturated carbocycles. The molecule has 0 saturated heterocycles. The van der Waals surface area contributed by atoms with Gasteiger partial charge in [-0.25, -0.2) is 4.98 Å². The highest BCUT2D eigenvalue weighted by atomic mass is 16.5. The molecule has 5 rings (SSSR count). The number of carbonyl (C=O) groups excluding carboxylic acids is 1.